The SMILES string of the molecule is CC(=O)OC(C)C(=O)NCc1ccc(C2OC(CSc3nnnn3C)CC(c3ccc(CO)cc3)O2)cc1. The van der Waals surface area contributed by atoms with Crippen LogP contribution in [0.15, 0.2) is 53.7 Å². The standard InChI is InChI=1S/C26H31N5O6S/c1-16(35-17(2)33)24(34)27-13-18-4-10-21(11-5-18)25-36-22(15-38-26-28-29-30-31(26)3)12-23(37-25)20-8-6-19(14-32)7-9-20/h4-11,16,22-23,25,32H,12-15H2,1-3H3,(H,27,34). The third kappa shape index (κ3) is 7.38. The van der Waals surface area contributed by atoms with Crippen molar-refractivity contribution in [3.63, 3.8) is 0 Å². The van der Waals surface area contributed by atoms with Gasteiger partial charge in [-0.05, 0) is 34.0 Å². The van der Waals surface area contributed by atoms with E-state index in [2.05, 4.69) is 20.8 Å². The maximum Gasteiger partial charge on any atom is 0.303 e. The monoisotopic (exact) mass is 541 g/mol. The number of benzene rings is 2. The van der Waals surface area contributed by atoms with Crippen LogP contribution >= 0.6 is 11.8 Å². The van der Waals surface area contributed by atoms with E-state index in [0.29, 0.717) is 23.9 Å². The number of amides is 1. The first-order valence-corrected chi connectivity index (χ1v) is 13.2. The quantitative estimate of drug-likeness (QED) is 0.291. The fourth-order valence-electron chi connectivity index (χ4n) is 3.96. The number of thioether (sulfide) groups is 1. The molecule has 1 aliphatic rings. The largest absolute Gasteiger partial charge is 0.453 e. The zero-order chi connectivity index (χ0) is 27.1. The van der Waals surface area contributed by atoms with Gasteiger partial charge in [-0.25, -0.2) is 4.68 Å². The van der Waals surface area contributed by atoms with Crippen LogP contribution in [0.1, 0.15) is 54.9 Å². The van der Waals surface area contributed by atoms with Crippen molar-refractivity contribution in [2.75, 3.05) is 5.75 Å². The molecule has 0 spiro atoms. The molecule has 11 nitrogen and oxygen atoms in total. The van der Waals surface area contributed by atoms with Crippen molar-refractivity contribution < 1.29 is 28.9 Å². The highest BCUT2D eigenvalue weighted by Crippen LogP contribution is 2.39. The minimum atomic E-state index is -0.855. The van der Waals surface area contributed by atoms with Crippen molar-refractivity contribution >= 4 is 23.6 Å². The molecule has 2 heterocycles. The molecular formula is C26H31N5O6S. The zero-order valence-corrected chi connectivity index (χ0v) is 22.3. The van der Waals surface area contributed by atoms with Crippen LogP contribution in [0.4, 0.5) is 0 Å². The lowest BCUT2D eigenvalue weighted by Gasteiger charge is -2.36. The van der Waals surface area contributed by atoms with Gasteiger partial charge in [0.25, 0.3) is 5.91 Å². The minimum absolute atomic E-state index is 0.0159. The van der Waals surface area contributed by atoms with Crippen molar-refractivity contribution in [3.8, 4) is 0 Å². The number of carbonyl (C=O) groups excluding carboxylic acids is 2. The van der Waals surface area contributed by atoms with Crippen LogP contribution in [0.25, 0.3) is 0 Å². The number of nitrogens with zero attached hydrogens (tertiary/aromatic N) is 4. The van der Waals surface area contributed by atoms with E-state index < -0.39 is 18.4 Å². The number of esters is 1. The molecule has 1 aliphatic heterocycles. The highest BCUT2D eigenvalue weighted by atomic mass is 32.2. The summed E-state index contributed by atoms with van der Waals surface area (Å²) in [7, 11) is 1.79. The lowest BCUT2D eigenvalue weighted by molar-refractivity contribution is -0.245. The molecule has 3 aromatic rings. The Morgan fingerprint density at radius 2 is 1.82 bits per heavy atom. The Hall–Kier alpha value is -3.32. The van der Waals surface area contributed by atoms with Gasteiger partial charge in [-0.3, -0.25) is 9.59 Å². The predicted octanol–water partition coefficient (Wildman–Crippen LogP) is 2.61. The van der Waals surface area contributed by atoms with Gasteiger partial charge in [-0.15, -0.1) is 5.10 Å². The van der Waals surface area contributed by atoms with Gasteiger partial charge in [-0.2, -0.15) is 0 Å². The van der Waals surface area contributed by atoms with Crippen molar-refractivity contribution in [1.29, 1.82) is 0 Å². The fourth-order valence-corrected chi connectivity index (χ4v) is 4.83. The van der Waals surface area contributed by atoms with Crippen LogP contribution in [-0.4, -0.2) is 55.2 Å². The molecule has 4 rings (SSSR count). The Kier molecular flexibility index (Phi) is 9.45. The van der Waals surface area contributed by atoms with Crippen molar-refractivity contribution in [3.05, 3.63) is 70.8 Å². The third-order valence-electron chi connectivity index (χ3n) is 6.03. The molecular weight excluding hydrogens is 510 g/mol. The number of nitrogens with one attached hydrogen (secondary N) is 1. The van der Waals surface area contributed by atoms with E-state index in [9.17, 15) is 14.7 Å². The summed E-state index contributed by atoms with van der Waals surface area (Å²) < 4.78 is 19.2. The zero-order valence-electron chi connectivity index (χ0n) is 21.4. The third-order valence-corrected chi connectivity index (χ3v) is 7.17. The molecule has 0 radical (unpaired) electrons. The number of aryl methyl sites for hydroxylation is 1. The number of ether oxygens (including phenoxy) is 3. The molecule has 4 atom stereocenters. The van der Waals surface area contributed by atoms with Crippen molar-refractivity contribution in [2.24, 2.45) is 7.05 Å². The second-order valence-corrected chi connectivity index (χ2v) is 9.94. The smallest absolute Gasteiger partial charge is 0.303 e. The molecule has 0 bridgehead atoms. The second-order valence-electron chi connectivity index (χ2n) is 8.96. The molecule has 1 amide bonds. The Labute approximate surface area is 224 Å². The van der Waals surface area contributed by atoms with Gasteiger partial charge in [0.05, 0.1) is 18.8 Å². The Morgan fingerprint density at radius 3 is 2.45 bits per heavy atom. The minimum Gasteiger partial charge on any atom is -0.453 e. The Bertz CT molecular complexity index is 1220. The van der Waals surface area contributed by atoms with Gasteiger partial charge in [0.15, 0.2) is 12.4 Å². The summed E-state index contributed by atoms with van der Waals surface area (Å²) in [5.74, 6) is -0.224. The number of hydrogen-bond acceptors (Lipinski definition) is 10. The topological polar surface area (TPSA) is 138 Å². The van der Waals surface area contributed by atoms with Crippen molar-refractivity contribution in [1.82, 2.24) is 25.5 Å². The molecule has 1 aromatic heterocycles. The number of aliphatic hydroxyl groups excluding tert-OH is 1. The number of carbonyl (C=O) groups is 2. The van der Waals surface area contributed by atoms with Crippen LogP contribution < -0.4 is 5.32 Å². The molecule has 2 aromatic carbocycles. The average molecular weight is 542 g/mol. The van der Waals surface area contributed by atoms with E-state index in [1.54, 1.807) is 11.7 Å². The van der Waals surface area contributed by atoms with E-state index in [4.69, 9.17) is 14.2 Å². The summed E-state index contributed by atoms with van der Waals surface area (Å²) in [4.78, 5) is 23.2. The molecule has 1 saturated heterocycles. The lowest BCUT2D eigenvalue weighted by atomic mass is 10.0. The first-order chi connectivity index (χ1) is 18.3. The van der Waals surface area contributed by atoms with Crippen LogP contribution in [0.5, 0.6) is 0 Å². The van der Waals surface area contributed by atoms with Gasteiger partial charge < -0.3 is 24.6 Å². The molecule has 0 saturated carbocycles. The summed E-state index contributed by atoms with van der Waals surface area (Å²) >= 11 is 1.52. The molecule has 2 N–H and O–H groups in total. The van der Waals surface area contributed by atoms with Gasteiger partial charge in [-0.1, -0.05) is 60.3 Å². The highest BCUT2D eigenvalue weighted by molar-refractivity contribution is 7.99. The molecule has 4 unspecified atom stereocenters. The molecule has 0 aliphatic carbocycles. The van der Waals surface area contributed by atoms with Crippen LogP contribution in [0.2, 0.25) is 0 Å². The summed E-state index contributed by atoms with van der Waals surface area (Å²) in [5.41, 5.74) is 3.57. The normalized spacial score (nSPS) is 20.1. The molecule has 12 heteroatoms. The Morgan fingerprint density at radius 1 is 1.13 bits per heavy atom. The first-order valence-electron chi connectivity index (χ1n) is 12.2. The summed E-state index contributed by atoms with van der Waals surface area (Å²) in [6.07, 6.45) is -1.13. The Balaban J connectivity index is 1.44. The maximum absolute atomic E-state index is 12.1. The number of aromatic nitrogens is 4. The van der Waals surface area contributed by atoms with Gasteiger partial charge in [0.2, 0.25) is 5.16 Å². The maximum atomic E-state index is 12.1. The van der Waals surface area contributed by atoms with Crippen LogP contribution in [0.3, 0.4) is 0 Å². The summed E-state index contributed by atoms with van der Waals surface area (Å²) in [6.45, 7) is 3.07. The van der Waals surface area contributed by atoms with E-state index in [0.717, 1.165) is 22.3 Å². The number of rotatable bonds is 10. The summed E-state index contributed by atoms with van der Waals surface area (Å²) in [6, 6.07) is 15.3. The van der Waals surface area contributed by atoms with E-state index in [1.807, 2.05) is 48.5 Å². The van der Waals surface area contributed by atoms with Gasteiger partial charge in [0.1, 0.15) is 0 Å². The van der Waals surface area contributed by atoms with Crippen LogP contribution in [0, 0.1) is 0 Å². The summed E-state index contributed by atoms with van der Waals surface area (Å²) in [5, 5.41) is 24.5. The number of hydrogen-bond donors (Lipinski definition) is 2. The fraction of sp³-hybridized carbons (Fsp3) is 0.423. The van der Waals surface area contributed by atoms with E-state index in [1.165, 1.54) is 25.6 Å². The second kappa shape index (κ2) is 13.0. The van der Waals surface area contributed by atoms with Crippen molar-refractivity contribution in [2.45, 2.75) is 63.2 Å². The lowest BCUT2D eigenvalue weighted by Crippen LogP contribution is -2.35. The molecule has 38 heavy (non-hydrogen) atoms. The average Bonchev–Trinajstić information content (AvgIpc) is 3.34. The van der Waals surface area contributed by atoms with Crippen LogP contribution in [-0.2, 0) is 44.0 Å². The number of tetrazole rings is 1. The van der Waals surface area contributed by atoms with Gasteiger partial charge >= 0.3 is 5.97 Å². The number of aliphatic hydroxyl groups is 1. The predicted molar refractivity (Wildman–Crippen MR) is 137 cm³/mol. The van der Waals surface area contributed by atoms with Gasteiger partial charge in [0, 0.05) is 38.3 Å². The molecule has 202 valence electrons. The first kappa shape index (κ1) is 27.7. The van der Waals surface area contributed by atoms with E-state index >= 15 is 0 Å². The van der Waals surface area contributed by atoms with E-state index in [-0.39, 0.29) is 24.7 Å². The highest BCUT2D eigenvalue weighted by Gasteiger charge is 2.32. The molecule has 1 fully saturated rings.